The largest absolute Gasteiger partial charge is 0.379 e. The zero-order valence-corrected chi connectivity index (χ0v) is 15.2. The molecule has 138 valence electrons. The molecule has 0 spiro atoms. The SMILES string of the molecule is C[C@@H]1COCCN1C1CC(=O)NC(N2CCC[C@@H]2c2cnn(C)c2)C1. The Bertz CT molecular complexity index is 618. The Labute approximate surface area is 149 Å². The predicted molar refractivity (Wildman–Crippen MR) is 93.8 cm³/mol. The molecule has 3 saturated heterocycles. The van der Waals surface area contributed by atoms with Crippen LogP contribution in [0.3, 0.4) is 0 Å². The second kappa shape index (κ2) is 7.05. The quantitative estimate of drug-likeness (QED) is 0.880. The number of likely N-dealkylation sites (tertiary alicyclic amines) is 1. The van der Waals surface area contributed by atoms with E-state index in [9.17, 15) is 4.79 Å². The second-order valence-corrected chi connectivity index (χ2v) is 7.68. The molecule has 3 fully saturated rings. The third-order valence-corrected chi connectivity index (χ3v) is 5.94. The van der Waals surface area contributed by atoms with Crippen LogP contribution < -0.4 is 5.32 Å². The fourth-order valence-electron chi connectivity index (χ4n) is 4.74. The van der Waals surface area contributed by atoms with Crippen LogP contribution in [0.4, 0.5) is 0 Å². The van der Waals surface area contributed by atoms with E-state index in [2.05, 4.69) is 33.3 Å². The van der Waals surface area contributed by atoms with Crippen LogP contribution in [-0.4, -0.2) is 70.0 Å². The van der Waals surface area contributed by atoms with Gasteiger partial charge in [0.25, 0.3) is 0 Å². The lowest BCUT2D eigenvalue weighted by Crippen LogP contribution is -2.59. The molecule has 1 amide bonds. The molecule has 3 aliphatic heterocycles. The number of hydrogen-bond acceptors (Lipinski definition) is 5. The Morgan fingerprint density at radius 2 is 2.20 bits per heavy atom. The number of ether oxygens (including phenoxy) is 1. The Morgan fingerprint density at radius 3 is 2.96 bits per heavy atom. The summed E-state index contributed by atoms with van der Waals surface area (Å²) in [5.74, 6) is 0.178. The van der Waals surface area contributed by atoms with Gasteiger partial charge in [0.1, 0.15) is 0 Å². The first-order chi connectivity index (χ1) is 12.1. The van der Waals surface area contributed by atoms with Crippen molar-refractivity contribution >= 4 is 5.91 Å². The first-order valence-corrected chi connectivity index (χ1v) is 9.49. The Balaban J connectivity index is 1.49. The van der Waals surface area contributed by atoms with Gasteiger partial charge in [-0.2, -0.15) is 5.10 Å². The van der Waals surface area contributed by atoms with Crippen LogP contribution in [0.2, 0.25) is 0 Å². The van der Waals surface area contributed by atoms with E-state index >= 15 is 0 Å². The summed E-state index contributed by atoms with van der Waals surface area (Å²) < 4.78 is 7.44. The number of hydrogen-bond donors (Lipinski definition) is 1. The molecule has 2 unspecified atom stereocenters. The molecule has 0 bridgehead atoms. The highest BCUT2D eigenvalue weighted by molar-refractivity contribution is 5.77. The molecule has 0 aliphatic carbocycles. The molecule has 0 saturated carbocycles. The maximum Gasteiger partial charge on any atom is 0.222 e. The summed E-state index contributed by atoms with van der Waals surface area (Å²) in [6.45, 7) is 5.71. The van der Waals surface area contributed by atoms with Gasteiger partial charge >= 0.3 is 0 Å². The molecular formula is C18H29N5O2. The van der Waals surface area contributed by atoms with Crippen molar-refractivity contribution in [3.05, 3.63) is 18.0 Å². The van der Waals surface area contributed by atoms with Gasteiger partial charge in [-0.05, 0) is 26.2 Å². The number of rotatable bonds is 3. The summed E-state index contributed by atoms with van der Waals surface area (Å²) in [4.78, 5) is 17.4. The first kappa shape index (κ1) is 17.0. The summed E-state index contributed by atoms with van der Waals surface area (Å²) in [6.07, 6.45) is 8.10. The van der Waals surface area contributed by atoms with E-state index in [1.807, 2.05) is 17.9 Å². The summed E-state index contributed by atoms with van der Waals surface area (Å²) in [5, 5.41) is 7.59. The molecule has 7 heteroatoms. The smallest absolute Gasteiger partial charge is 0.222 e. The summed E-state index contributed by atoms with van der Waals surface area (Å²) in [6, 6.07) is 1.06. The number of aryl methyl sites for hydroxylation is 1. The number of piperidine rings is 1. The van der Waals surface area contributed by atoms with Crippen LogP contribution in [0.25, 0.3) is 0 Å². The van der Waals surface area contributed by atoms with E-state index in [1.165, 1.54) is 12.0 Å². The highest BCUT2D eigenvalue weighted by Gasteiger charge is 2.40. The van der Waals surface area contributed by atoms with E-state index in [4.69, 9.17) is 4.74 Å². The van der Waals surface area contributed by atoms with Gasteiger partial charge in [0, 0.05) is 56.4 Å². The van der Waals surface area contributed by atoms with Gasteiger partial charge in [-0.25, -0.2) is 0 Å². The minimum Gasteiger partial charge on any atom is -0.379 e. The maximum atomic E-state index is 12.4. The van der Waals surface area contributed by atoms with Crippen molar-refractivity contribution in [3.63, 3.8) is 0 Å². The molecule has 4 heterocycles. The third-order valence-electron chi connectivity index (χ3n) is 5.94. The number of morpholine rings is 1. The van der Waals surface area contributed by atoms with Crippen molar-refractivity contribution in [2.24, 2.45) is 7.05 Å². The molecular weight excluding hydrogens is 318 g/mol. The fourth-order valence-corrected chi connectivity index (χ4v) is 4.74. The predicted octanol–water partition coefficient (Wildman–Crippen LogP) is 0.882. The highest BCUT2D eigenvalue weighted by Crippen LogP contribution is 2.35. The van der Waals surface area contributed by atoms with Gasteiger partial charge in [0.05, 0.1) is 25.6 Å². The molecule has 1 N–H and O–H groups in total. The normalized spacial score (nSPS) is 35.0. The second-order valence-electron chi connectivity index (χ2n) is 7.68. The van der Waals surface area contributed by atoms with Gasteiger partial charge in [0.2, 0.25) is 5.91 Å². The molecule has 25 heavy (non-hydrogen) atoms. The van der Waals surface area contributed by atoms with Gasteiger partial charge in [-0.15, -0.1) is 0 Å². The zero-order chi connectivity index (χ0) is 17.4. The van der Waals surface area contributed by atoms with E-state index in [0.29, 0.717) is 24.5 Å². The Hall–Kier alpha value is -1.44. The van der Waals surface area contributed by atoms with Crippen molar-refractivity contribution in [2.45, 2.75) is 56.9 Å². The minimum absolute atomic E-state index is 0.119. The van der Waals surface area contributed by atoms with Gasteiger partial charge in [-0.1, -0.05) is 0 Å². The first-order valence-electron chi connectivity index (χ1n) is 9.49. The lowest BCUT2D eigenvalue weighted by molar-refractivity contribution is -0.130. The highest BCUT2D eigenvalue weighted by atomic mass is 16.5. The number of carbonyl (C=O) groups is 1. The van der Waals surface area contributed by atoms with E-state index in [-0.39, 0.29) is 12.1 Å². The standard InChI is InChI=1S/C18H29N5O2/c1-13-12-25-7-6-22(13)15-8-17(20-18(24)9-15)23-5-3-4-16(23)14-10-19-21(2)11-14/h10-11,13,15-17H,3-9,12H2,1-2H3,(H,20,24)/t13-,15?,16-,17?/m1/s1. The molecule has 4 atom stereocenters. The van der Waals surface area contributed by atoms with Crippen molar-refractivity contribution in [2.75, 3.05) is 26.3 Å². The van der Waals surface area contributed by atoms with Crippen LogP contribution in [0, 0.1) is 0 Å². The Kier molecular flexibility index (Phi) is 4.80. The lowest BCUT2D eigenvalue weighted by Gasteiger charge is -2.45. The summed E-state index contributed by atoms with van der Waals surface area (Å²) >= 11 is 0. The average Bonchev–Trinajstić information content (AvgIpc) is 3.23. The summed E-state index contributed by atoms with van der Waals surface area (Å²) in [5.41, 5.74) is 1.26. The Morgan fingerprint density at radius 1 is 1.32 bits per heavy atom. The lowest BCUT2D eigenvalue weighted by atomic mass is 9.97. The number of nitrogens with one attached hydrogen (secondary N) is 1. The van der Waals surface area contributed by atoms with Gasteiger partial charge in [0.15, 0.2) is 0 Å². The number of amides is 1. The average molecular weight is 347 g/mol. The van der Waals surface area contributed by atoms with Crippen LogP contribution >= 0.6 is 0 Å². The van der Waals surface area contributed by atoms with Crippen LogP contribution in [-0.2, 0) is 16.6 Å². The van der Waals surface area contributed by atoms with Crippen LogP contribution in [0.1, 0.15) is 44.2 Å². The number of aromatic nitrogens is 2. The van der Waals surface area contributed by atoms with E-state index < -0.39 is 0 Å². The van der Waals surface area contributed by atoms with Crippen LogP contribution in [0.5, 0.6) is 0 Å². The zero-order valence-electron chi connectivity index (χ0n) is 15.2. The molecule has 4 rings (SSSR count). The van der Waals surface area contributed by atoms with E-state index in [1.54, 1.807) is 0 Å². The number of carbonyl (C=O) groups excluding carboxylic acids is 1. The molecule has 0 aromatic carbocycles. The van der Waals surface area contributed by atoms with Crippen molar-refractivity contribution in [1.29, 1.82) is 0 Å². The van der Waals surface area contributed by atoms with Crippen molar-refractivity contribution in [3.8, 4) is 0 Å². The minimum atomic E-state index is 0.119. The van der Waals surface area contributed by atoms with Crippen LogP contribution in [0.15, 0.2) is 12.4 Å². The van der Waals surface area contributed by atoms with E-state index in [0.717, 1.165) is 39.1 Å². The maximum absolute atomic E-state index is 12.4. The third kappa shape index (κ3) is 3.45. The molecule has 3 aliphatic rings. The fraction of sp³-hybridized carbons (Fsp3) is 0.778. The van der Waals surface area contributed by atoms with Gasteiger partial charge in [-0.3, -0.25) is 19.3 Å². The molecule has 7 nitrogen and oxygen atoms in total. The monoisotopic (exact) mass is 347 g/mol. The summed E-state index contributed by atoms with van der Waals surface area (Å²) in [7, 11) is 1.96. The molecule has 0 radical (unpaired) electrons. The molecule has 1 aromatic rings. The topological polar surface area (TPSA) is 62.6 Å². The van der Waals surface area contributed by atoms with Gasteiger partial charge < -0.3 is 10.1 Å². The number of nitrogens with zero attached hydrogens (tertiary/aromatic N) is 4. The van der Waals surface area contributed by atoms with Crippen molar-refractivity contribution < 1.29 is 9.53 Å². The molecule has 1 aromatic heterocycles. The van der Waals surface area contributed by atoms with Crippen molar-refractivity contribution in [1.82, 2.24) is 24.9 Å².